The van der Waals surface area contributed by atoms with E-state index in [2.05, 4.69) is 18.3 Å². The zero-order chi connectivity index (χ0) is 21.8. The molecule has 0 bridgehead atoms. The summed E-state index contributed by atoms with van der Waals surface area (Å²) >= 11 is 0. The van der Waals surface area contributed by atoms with Gasteiger partial charge < -0.3 is 10.4 Å². The molecule has 1 atom stereocenters. The van der Waals surface area contributed by atoms with Gasteiger partial charge in [0.2, 0.25) is 5.91 Å². The number of rotatable bonds is 17. The highest BCUT2D eigenvalue weighted by molar-refractivity contribution is 7.85. The first-order valence-corrected chi connectivity index (χ1v) is 12.0. The summed E-state index contributed by atoms with van der Waals surface area (Å²) in [6, 6.07) is 0. The van der Waals surface area contributed by atoms with Crippen LogP contribution in [0, 0.1) is 0 Å². The maximum absolute atomic E-state index is 11.5. The first kappa shape index (κ1) is 27.3. The molecular formula is C22H37NO5S. The molecule has 0 rings (SSSR count). The van der Waals surface area contributed by atoms with Crippen LogP contribution in [0.3, 0.4) is 0 Å². The van der Waals surface area contributed by atoms with Crippen molar-refractivity contribution >= 4 is 16.0 Å². The minimum atomic E-state index is -4.03. The lowest BCUT2D eigenvalue weighted by Gasteiger charge is -2.02. The predicted octanol–water partition coefficient (Wildman–Crippen LogP) is 4.11. The molecule has 0 spiro atoms. The van der Waals surface area contributed by atoms with Crippen molar-refractivity contribution < 1.29 is 22.9 Å². The van der Waals surface area contributed by atoms with Gasteiger partial charge in [0.25, 0.3) is 10.1 Å². The van der Waals surface area contributed by atoms with E-state index in [1.165, 1.54) is 19.3 Å². The van der Waals surface area contributed by atoms with E-state index in [0.29, 0.717) is 19.3 Å². The van der Waals surface area contributed by atoms with Gasteiger partial charge >= 0.3 is 0 Å². The lowest BCUT2D eigenvalue weighted by Crippen LogP contribution is -2.28. The molecule has 0 aliphatic carbocycles. The first-order chi connectivity index (χ1) is 13.8. The average molecular weight is 428 g/mol. The smallest absolute Gasteiger partial charge is 0.266 e. The molecule has 0 saturated heterocycles. The monoisotopic (exact) mass is 427 g/mol. The topological polar surface area (TPSA) is 104 Å². The molecule has 1 unspecified atom stereocenters. The Kier molecular flexibility index (Phi) is 17.3. The zero-order valence-corrected chi connectivity index (χ0v) is 18.3. The number of carbonyl (C=O) groups excluding carboxylic acids is 1. The van der Waals surface area contributed by atoms with Gasteiger partial charge in [-0.25, -0.2) is 0 Å². The molecule has 3 N–H and O–H groups in total. The molecule has 0 radical (unpaired) electrons. The Labute approximate surface area is 176 Å². The SMILES string of the molecule is CCCCC/C=C\CC(O)/C=C/C=C\C/C=C\CCCC(=O)NCCS(=O)(=O)O. The van der Waals surface area contributed by atoms with Crippen LogP contribution in [0.2, 0.25) is 0 Å². The van der Waals surface area contributed by atoms with E-state index in [9.17, 15) is 18.3 Å². The fourth-order valence-corrected chi connectivity index (χ4v) is 2.73. The molecule has 0 aromatic carbocycles. The molecule has 6 nitrogen and oxygen atoms in total. The Morgan fingerprint density at radius 1 is 1.00 bits per heavy atom. The van der Waals surface area contributed by atoms with Crippen LogP contribution in [0.15, 0.2) is 48.6 Å². The van der Waals surface area contributed by atoms with E-state index in [0.717, 1.165) is 19.3 Å². The first-order valence-electron chi connectivity index (χ1n) is 10.4. The van der Waals surface area contributed by atoms with Crippen LogP contribution >= 0.6 is 0 Å². The van der Waals surface area contributed by atoms with Gasteiger partial charge in [-0.05, 0) is 38.5 Å². The fraction of sp³-hybridized carbons (Fsp3) is 0.591. The van der Waals surface area contributed by atoms with Crippen molar-refractivity contribution in [2.75, 3.05) is 12.3 Å². The molecule has 29 heavy (non-hydrogen) atoms. The maximum Gasteiger partial charge on any atom is 0.266 e. The molecular weight excluding hydrogens is 390 g/mol. The highest BCUT2D eigenvalue weighted by atomic mass is 32.2. The normalized spacial score (nSPS) is 13.9. The van der Waals surface area contributed by atoms with Gasteiger partial charge in [-0.1, -0.05) is 68.4 Å². The van der Waals surface area contributed by atoms with Gasteiger partial charge in [0.05, 0.1) is 11.9 Å². The lowest BCUT2D eigenvalue weighted by atomic mass is 10.1. The van der Waals surface area contributed by atoms with Crippen LogP contribution < -0.4 is 5.32 Å². The van der Waals surface area contributed by atoms with E-state index in [4.69, 9.17) is 4.55 Å². The van der Waals surface area contributed by atoms with Gasteiger partial charge in [0, 0.05) is 13.0 Å². The number of aliphatic hydroxyl groups is 1. The number of allylic oxidation sites excluding steroid dienone is 6. The summed E-state index contributed by atoms with van der Waals surface area (Å²) in [5.41, 5.74) is 0. The minimum Gasteiger partial charge on any atom is -0.389 e. The molecule has 0 aromatic heterocycles. The second-order valence-corrected chi connectivity index (χ2v) is 8.39. The van der Waals surface area contributed by atoms with Crippen LogP contribution in [-0.4, -0.2) is 42.4 Å². The van der Waals surface area contributed by atoms with E-state index in [1.54, 1.807) is 6.08 Å². The highest BCUT2D eigenvalue weighted by Crippen LogP contribution is 2.02. The number of nitrogens with one attached hydrogen (secondary N) is 1. The number of amides is 1. The van der Waals surface area contributed by atoms with Gasteiger partial charge in [-0.2, -0.15) is 8.42 Å². The molecule has 0 aliphatic heterocycles. The standard InChI is InChI=1S/C22H37NO5S/c1-2-3-4-5-10-13-16-21(24)17-14-11-8-6-7-9-12-15-18-22(25)23-19-20-29(26,27)28/h7-11,13-14,17,21,24H,2-6,12,15-16,18-20H2,1H3,(H,23,25)(H,26,27,28)/b9-7-,11-8-,13-10-,17-14+. The van der Waals surface area contributed by atoms with Crippen molar-refractivity contribution in [1.82, 2.24) is 5.32 Å². The van der Waals surface area contributed by atoms with Crippen LogP contribution in [0.5, 0.6) is 0 Å². The van der Waals surface area contributed by atoms with Crippen LogP contribution in [0.4, 0.5) is 0 Å². The Morgan fingerprint density at radius 3 is 2.45 bits per heavy atom. The number of hydrogen-bond acceptors (Lipinski definition) is 4. The van der Waals surface area contributed by atoms with Crippen molar-refractivity contribution in [1.29, 1.82) is 0 Å². The molecule has 0 aliphatic rings. The maximum atomic E-state index is 11.5. The molecule has 0 saturated carbocycles. The molecule has 1 amide bonds. The summed E-state index contributed by atoms with van der Waals surface area (Å²) in [6.45, 7) is 2.11. The second kappa shape index (κ2) is 18.3. The molecule has 166 valence electrons. The third-order valence-electron chi connectivity index (χ3n) is 3.99. The number of aliphatic hydroxyl groups excluding tert-OH is 1. The molecule has 0 aromatic rings. The highest BCUT2D eigenvalue weighted by Gasteiger charge is 2.05. The van der Waals surface area contributed by atoms with Gasteiger partial charge in [0.15, 0.2) is 0 Å². The number of hydrogen-bond donors (Lipinski definition) is 3. The van der Waals surface area contributed by atoms with E-state index >= 15 is 0 Å². The third-order valence-corrected chi connectivity index (χ3v) is 4.71. The predicted molar refractivity (Wildman–Crippen MR) is 119 cm³/mol. The third kappa shape index (κ3) is 22.5. The van der Waals surface area contributed by atoms with E-state index < -0.39 is 22.0 Å². The summed E-state index contributed by atoms with van der Waals surface area (Å²) in [5, 5.41) is 12.3. The van der Waals surface area contributed by atoms with E-state index in [1.807, 2.05) is 36.5 Å². The van der Waals surface area contributed by atoms with Crippen LogP contribution in [-0.2, 0) is 14.9 Å². The molecule has 0 heterocycles. The second-order valence-electron chi connectivity index (χ2n) is 6.82. The van der Waals surface area contributed by atoms with Crippen molar-refractivity contribution in [3.8, 4) is 0 Å². The summed E-state index contributed by atoms with van der Waals surface area (Å²) < 4.78 is 29.6. The summed E-state index contributed by atoms with van der Waals surface area (Å²) in [4.78, 5) is 11.5. The quantitative estimate of drug-likeness (QED) is 0.140. The van der Waals surface area contributed by atoms with Gasteiger partial charge in [-0.3, -0.25) is 9.35 Å². The summed E-state index contributed by atoms with van der Waals surface area (Å²) in [6.07, 6.45) is 23.2. The van der Waals surface area contributed by atoms with Crippen molar-refractivity contribution in [2.24, 2.45) is 0 Å². The molecule has 0 fully saturated rings. The van der Waals surface area contributed by atoms with Gasteiger partial charge in [0.1, 0.15) is 0 Å². The minimum absolute atomic E-state index is 0.0736. The number of carbonyl (C=O) groups is 1. The lowest BCUT2D eigenvalue weighted by molar-refractivity contribution is -0.121. The van der Waals surface area contributed by atoms with Gasteiger partial charge in [-0.15, -0.1) is 0 Å². The fourth-order valence-electron chi connectivity index (χ4n) is 2.37. The Morgan fingerprint density at radius 2 is 1.72 bits per heavy atom. The molecule has 7 heteroatoms. The van der Waals surface area contributed by atoms with E-state index in [-0.39, 0.29) is 12.5 Å². The zero-order valence-electron chi connectivity index (χ0n) is 17.5. The summed E-state index contributed by atoms with van der Waals surface area (Å²) in [7, 11) is -4.03. The Balaban J connectivity index is 3.69. The van der Waals surface area contributed by atoms with Crippen molar-refractivity contribution in [2.45, 2.75) is 70.8 Å². The average Bonchev–Trinajstić information content (AvgIpc) is 2.65. The number of unbranched alkanes of at least 4 members (excludes halogenated alkanes) is 4. The Hall–Kier alpha value is -1.70. The van der Waals surface area contributed by atoms with Crippen LogP contribution in [0.1, 0.15) is 64.7 Å². The van der Waals surface area contributed by atoms with Crippen LogP contribution in [0.25, 0.3) is 0 Å². The Bertz CT molecular complexity index is 636. The van der Waals surface area contributed by atoms with Crippen molar-refractivity contribution in [3.63, 3.8) is 0 Å². The summed E-state index contributed by atoms with van der Waals surface area (Å²) in [5.74, 6) is -0.687. The largest absolute Gasteiger partial charge is 0.389 e. The van der Waals surface area contributed by atoms with Crippen molar-refractivity contribution in [3.05, 3.63) is 48.6 Å².